The van der Waals surface area contributed by atoms with E-state index in [1.165, 1.54) is 30.6 Å². The van der Waals surface area contributed by atoms with Crippen LogP contribution < -0.4 is 16.3 Å². The van der Waals surface area contributed by atoms with Gasteiger partial charge in [0.2, 0.25) is 0 Å². The quantitative estimate of drug-likeness (QED) is 0.660. The lowest BCUT2D eigenvalue weighted by Crippen LogP contribution is -2.24. The summed E-state index contributed by atoms with van der Waals surface area (Å²) in [5.41, 5.74) is -1.43. The summed E-state index contributed by atoms with van der Waals surface area (Å²) in [6.45, 7) is 4.00. The van der Waals surface area contributed by atoms with Gasteiger partial charge in [0.15, 0.2) is 0 Å². The van der Waals surface area contributed by atoms with Crippen molar-refractivity contribution in [2.45, 2.75) is 20.1 Å². The Morgan fingerprint density at radius 3 is 2.36 bits per heavy atom. The first-order valence-electron chi connectivity index (χ1n) is 6.45. The minimum atomic E-state index is -4.59. The van der Waals surface area contributed by atoms with Crippen LogP contribution in [0, 0.1) is 0 Å². The van der Waals surface area contributed by atoms with Crippen LogP contribution in [0.3, 0.4) is 0 Å². The van der Waals surface area contributed by atoms with Crippen LogP contribution in [0.5, 0.6) is 0 Å². The smallest absolute Gasteiger partial charge is 0.422 e. The summed E-state index contributed by atoms with van der Waals surface area (Å²) >= 11 is 0. The summed E-state index contributed by atoms with van der Waals surface area (Å²) in [7, 11) is 1.35. The van der Waals surface area contributed by atoms with E-state index >= 15 is 0 Å². The van der Waals surface area contributed by atoms with E-state index < -0.39 is 17.8 Å². The van der Waals surface area contributed by atoms with Gasteiger partial charge in [0, 0.05) is 24.2 Å². The van der Waals surface area contributed by atoms with E-state index in [1.807, 2.05) is 13.8 Å². The van der Waals surface area contributed by atoms with E-state index in [-0.39, 0.29) is 16.8 Å². The SMILES string of the molecule is CC.CNC(=O)c1cc2ccc(NC(F)(F)F)cc2oc1=O. The normalized spacial score (nSPS) is 10.6. The molecule has 0 fully saturated rings. The van der Waals surface area contributed by atoms with Crippen molar-refractivity contribution >= 4 is 22.6 Å². The van der Waals surface area contributed by atoms with Crippen LogP contribution in [0.15, 0.2) is 33.5 Å². The zero-order valence-corrected chi connectivity index (χ0v) is 12.2. The maximum atomic E-state index is 12.2. The first-order chi connectivity index (χ1) is 10.3. The Labute approximate surface area is 124 Å². The number of anilines is 1. The van der Waals surface area contributed by atoms with Crippen LogP contribution in [0.4, 0.5) is 18.9 Å². The number of benzene rings is 1. The van der Waals surface area contributed by atoms with Crippen molar-refractivity contribution in [3.63, 3.8) is 0 Å². The average Bonchev–Trinajstić information content (AvgIpc) is 2.46. The van der Waals surface area contributed by atoms with Gasteiger partial charge < -0.3 is 9.73 Å². The van der Waals surface area contributed by atoms with Crippen LogP contribution in [-0.2, 0) is 0 Å². The molecular weight excluding hydrogens is 301 g/mol. The highest BCUT2D eigenvalue weighted by Crippen LogP contribution is 2.23. The topological polar surface area (TPSA) is 71.3 Å². The van der Waals surface area contributed by atoms with Crippen molar-refractivity contribution in [1.29, 1.82) is 0 Å². The van der Waals surface area contributed by atoms with Crippen LogP contribution in [-0.4, -0.2) is 19.3 Å². The van der Waals surface area contributed by atoms with E-state index in [2.05, 4.69) is 5.32 Å². The van der Waals surface area contributed by atoms with Crippen molar-refractivity contribution in [2.75, 3.05) is 12.4 Å². The van der Waals surface area contributed by atoms with Gasteiger partial charge >= 0.3 is 11.9 Å². The fourth-order valence-electron chi connectivity index (χ4n) is 1.65. The molecule has 0 spiro atoms. The number of fused-ring (bicyclic) bond motifs is 1. The van der Waals surface area contributed by atoms with Crippen LogP contribution in [0.25, 0.3) is 11.0 Å². The number of amides is 1. The van der Waals surface area contributed by atoms with Gasteiger partial charge in [0.05, 0.1) is 0 Å². The van der Waals surface area contributed by atoms with Gasteiger partial charge in [-0.3, -0.25) is 10.1 Å². The highest BCUT2D eigenvalue weighted by atomic mass is 19.4. The Kier molecular flexibility index (Phi) is 5.56. The molecule has 0 radical (unpaired) electrons. The summed E-state index contributed by atoms with van der Waals surface area (Å²) in [6, 6.07) is 4.79. The molecule has 1 heterocycles. The lowest BCUT2D eigenvalue weighted by atomic mass is 10.1. The van der Waals surface area contributed by atoms with Gasteiger partial charge in [-0.1, -0.05) is 13.8 Å². The number of carbonyl (C=O) groups excluding carboxylic acids is 1. The summed E-state index contributed by atoms with van der Waals surface area (Å²) in [6.07, 6.45) is -4.59. The molecule has 0 saturated carbocycles. The lowest BCUT2D eigenvalue weighted by Gasteiger charge is -2.10. The molecule has 2 N–H and O–H groups in total. The molecule has 5 nitrogen and oxygen atoms in total. The summed E-state index contributed by atoms with van der Waals surface area (Å²) < 4.78 is 41.4. The van der Waals surface area contributed by atoms with E-state index in [0.29, 0.717) is 5.39 Å². The van der Waals surface area contributed by atoms with Gasteiger partial charge in [-0.05, 0) is 18.2 Å². The molecule has 1 aromatic carbocycles. The van der Waals surface area contributed by atoms with Gasteiger partial charge in [0.1, 0.15) is 11.1 Å². The molecule has 0 aliphatic heterocycles. The largest absolute Gasteiger partial charge is 0.482 e. The zero-order valence-electron chi connectivity index (χ0n) is 12.2. The van der Waals surface area contributed by atoms with Crippen molar-refractivity contribution in [2.24, 2.45) is 0 Å². The number of hydrogen-bond acceptors (Lipinski definition) is 4. The summed E-state index contributed by atoms with van der Waals surface area (Å²) in [5, 5.41) is 3.91. The molecule has 120 valence electrons. The monoisotopic (exact) mass is 316 g/mol. The summed E-state index contributed by atoms with van der Waals surface area (Å²) in [4.78, 5) is 23.0. The van der Waals surface area contributed by atoms with E-state index in [0.717, 1.165) is 6.07 Å². The third-order valence-electron chi connectivity index (χ3n) is 2.49. The predicted molar refractivity (Wildman–Crippen MR) is 76.9 cm³/mol. The first kappa shape index (κ1) is 17.5. The number of nitrogens with one attached hydrogen (secondary N) is 2. The second-order valence-corrected chi connectivity index (χ2v) is 3.90. The number of hydrogen-bond donors (Lipinski definition) is 2. The molecule has 2 rings (SSSR count). The third-order valence-corrected chi connectivity index (χ3v) is 2.49. The number of carbonyl (C=O) groups is 1. The molecule has 0 aliphatic rings. The molecule has 2 aromatic rings. The predicted octanol–water partition coefficient (Wildman–Crippen LogP) is 3.11. The Morgan fingerprint density at radius 1 is 1.18 bits per heavy atom. The summed E-state index contributed by atoms with van der Waals surface area (Å²) in [5.74, 6) is -0.627. The standard InChI is InChI=1S/C12H9F3N2O3.C2H6/c1-16-10(18)8-4-6-2-3-7(17-12(13,14)15)5-9(6)20-11(8)19;1-2/h2-5,17H,1H3,(H,16,18);1-2H3. The molecular formula is C14H15F3N2O3. The second kappa shape index (κ2) is 6.97. The molecule has 0 aliphatic carbocycles. The van der Waals surface area contributed by atoms with Crippen LogP contribution in [0.2, 0.25) is 0 Å². The third kappa shape index (κ3) is 4.24. The van der Waals surface area contributed by atoms with Gasteiger partial charge in [-0.2, -0.15) is 13.2 Å². The van der Waals surface area contributed by atoms with E-state index in [4.69, 9.17) is 4.42 Å². The second-order valence-electron chi connectivity index (χ2n) is 3.90. The Balaban J connectivity index is 0.00000116. The number of alkyl halides is 3. The molecule has 1 aromatic heterocycles. The van der Waals surface area contributed by atoms with Crippen molar-refractivity contribution < 1.29 is 22.4 Å². The van der Waals surface area contributed by atoms with Crippen LogP contribution in [0.1, 0.15) is 24.2 Å². The Morgan fingerprint density at radius 2 is 1.82 bits per heavy atom. The molecule has 0 unspecified atom stereocenters. The maximum absolute atomic E-state index is 12.2. The molecule has 1 amide bonds. The minimum absolute atomic E-state index is 0.0445. The number of rotatable bonds is 2. The Hall–Kier alpha value is -2.51. The highest BCUT2D eigenvalue weighted by molar-refractivity contribution is 5.96. The molecule has 0 bridgehead atoms. The maximum Gasteiger partial charge on any atom is 0.482 e. The van der Waals surface area contributed by atoms with Crippen molar-refractivity contribution in [1.82, 2.24) is 5.32 Å². The van der Waals surface area contributed by atoms with Gasteiger partial charge in [0.25, 0.3) is 5.91 Å². The van der Waals surface area contributed by atoms with Crippen molar-refractivity contribution in [3.05, 3.63) is 40.2 Å². The van der Waals surface area contributed by atoms with Crippen molar-refractivity contribution in [3.8, 4) is 0 Å². The lowest BCUT2D eigenvalue weighted by molar-refractivity contribution is -0.0999. The fourth-order valence-corrected chi connectivity index (χ4v) is 1.65. The zero-order chi connectivity index (χ0) is 16.9. The van der Waals surface area contributed by atoms with E-state index in [9.17, 15) is 22.8 Å². The molecule has 0 saturated heterocycles. The number of halogens is 3. The van der Waals surface area contributed by atoms with Gasteiger partial charge in [-0.25, -0.2) is 4.79 Å². The average molecular weight is 316 g/mol. The van der Waals surface area contributed by atoms with E-state index in [1.54, 1.807) is 0 Å². The minimum Gasteiger partial charge on any atom is -0.422 e. The van der Waals surface area contributed by atoms with Gasteiger partial charge in [-0.15, -0.1) is 0 Å². The van der Waals surface area contributed by atoms with Crippen LogP contribution >= 0.6 is 0 Å². The fraction of sp³-hybridized carbons (Fsp3) is 0.286. The molecule has 22 heavy (non-hydrogen) atoms. The molecule has 8 heteroatoms. The highest BCUT2D eigenvalue weighted by Gasteiger charge is 2.27. The molecule has 0 atom stereocenters. The Bertz CT molecular complexity index is 723. The first-order valence-corrected chi connectivity index (χ1v) is 6.45.